The number of nitrogens with one attached hydrogen (secondary N) is 1. The average Bonchev–Trinajstić information content (AvgIpc) is 2.35. The molecule has 0 fully saturated rings. The molecule has 1 rings (SSSR count). The number of carbonyl (C=O) groups excluding carboxylic acids is 2. The maximum Gasteiger partial charge on any atom is 0.407 e. The van der Waals surface area contributed by atoms with E-state index in [1.807, 2.05) is 20.8 Å². The number of hydrogen-bond donors (Lipinski definition) is 1. The summed E-state index contributed by atoms with van der Waals surface area (Å²) in [5.74, 6) is 0.628. The minimum Gasteiger partial charge on any atom is -0.487 e. The Hall–Kier alpha value is -2.04. The lowest BCUT2D eigenvalue weighted by Gasteiger charge is -2.21. The molecule has 1 unspecified atom stereocenters. The molecule has 0 aliphatic carbocycles. The van der Waals surface area contributed by atoms with Crippen LogP contribution in [-0.2, 0) is 4.74 Å². The highest BCUT2D eigenvalue weighted by molar-refractivity contribution is 5.74. The zero-order valence-corrected chi connectivity index (χ0v) is 12.3. The number of hydrogen-bond acceptors (Lipinski definition) is 4. The van der Waals surface area contributed by atoms with Crippen LogP contribution in [-0.4, -0.2) is 30.6 Å². The molecular weight excluding hydrogens is 258 g/mol. The Bertz CT molecular complexity index is 448. The Morgan fingerprint density at radius 3 is 2.40 bits per heavy atom. The highest BCUT2D eigenvalue weighted by atomic mass is 16.6. The summed E-state index contributed by atoms with van der Waals surface area (Å²) in [4.78, 5) is 22.0. The van der Waals surface area contributed by atoms with Crippen molar-refractivity contribution in [3.05, 3.63) is 29.8 Å². The lowest BCUT2D eigenvalue weighted by atomic mass is 10.1. The van der Waals surface area contributed by atoms with E-state index in [9.17, 15) is 9.59 Å². The SMILES string of the molecule is CC(COC(=O)NC(C)(C)C)Oc1ccc(C=O)cc1. The summed E-state index contributed by atoms with van der Waals surface area (Å²) in [6, 6.07) is 6.75. The van der Waals surface area contributed by atoms with Gasteiger partial charge in [-0.05, 0) is 52.0 Å². The molecule has 1 atom stereocenters. The van der Waals surface area contributed by atoms with Gasteiger partial charge in [-0.2, -0.15) is 0 Å². The van der Waals surface area contributed by atoms with Crippen molar-refractivity contribution in [2.75, 3.05) is 6.61 Å². The third-order valence-corrected chi connectivity index (χ3v) is 2.28. The molecule has 1 aromatic rings. The van der Waals surface area contributed by atoms with Crippen molar-refractivity contribution in [2.24, 2.45) is 0 Å². The second-order valence-electron chi connectivity index (χ2n) is 5.59. The van der Waals surface area contributed by atoms with Crippen LogP contribution in [0.5, 0.6) is 5.75 Å². The van der Waals surface area contributed by atoms with Crippen molar-refractivity contribution in [1.29, 1.82) is 0 Å². The Morgan fingerprint density at radius 1 is 1.30 bits per heavy atom. The number of aldehydes is 1. The molecule has 5 heteroatoms. The van der Waals surface area contributed by atoms with Gasteiger partial charge < -0.3 is 14.8 Å². The molecule has 0 saturated heterocycles. The number of amides is 1. The summed E-state index contributed by atoms with van der Waals surface area (Å²) in [6.45, 7) is 7.59. The van der Waals surface area contributed by atoms with Crippen molar-refractivity contribution in [3.8, 4) is 5.75 Å². The van der Waals surface area contributed by atoms with Gasteiger partial charge in [-0.15, -0.1) is 0 Å². The lowest BCUT2D eigenvalue weighted by molar-refractivity contribution is 0.0857. The van der Waals surface area contributed by atoms with Gasteiger partial charge in [0, 0.05) is 11.1 Å². The van der Waals surface area contributed by atoms with Crippen LogP contribution in [0.15, 0.2) is 24.3 Å². The van der Waals surface area contributed by atoms with E-state index in [4.69, 9.17) is 9.47 Å². The predicted octanol–water partition coefficient (Wildman–Crippen LogP) is 2.79. The number of benzene rings is 1. The van der Waals surface area contributed by atoms with Crippen LogP contribution in [0.3, 0.4) is 0 Å². The summed E-state index contributed by atoms with van der Waals surface area (Å²) < 4.78 is 10.6. The molecule has 20 heavy (non-hydrogen) atoms. The fraction of sp³-hybridized carbons (Fsp3) is 0.467. The first-order valence-corrected chi connectivity index (χ1v) is 6.47. The number of rotatable bonds is 5. The van der Waals surface area contributed by atoms with Crippen molar-refractivity contribution < 1.29 is 19.1 Å². The van der Waals surface area contributed by atoms with E-state index in [0.717, 1.165) is 6.29 Å². The first-order valence-electron chi connectivity index (χ1n) is 6.47. The van der Waals surface area contributed by atoms with E-state index < -0.39 is 6.09 Å². The van der Waals surface area contributed by atoms with Crippen molar-refractivity contribution in [2.45, 2.75) is 39.3 Å². The molecular formula is C15H21NO4. The number of ether oxygens (including phenoxy) is 2. The minimum absolute atomic E-state index is 0.150. The van der Waals surface area contributed by atoms with Crippen molar-refractivity contribution in [3.63, 3.8) is 0 Å². The number of carbonyl (C=O) groups is 2. The van der Waals surface area contributed by atoms with Crippen LogP contribution in [0.4, 0.5) is 4.79 Å². The Kier molecular flexibility index (Phi) is 5.55. The monoisotopic (exact) mass is 279 g/mol. The van der Waals surface area contributed by atoms with Crippen LogP contribution in [0.25, 0.3) is 0 Å². The summed E-state index contributed by atoms with van der Waals surface area (Å²) in [7, 11) is 0. The van der Waals surface area contributed by atoms with E-state index >= 15 is 0 Å². The van der Waals surface area contributed by atoms with Gasteiger partial charge in [0.1, 0.15) is 24.7 Å². The van der Waals surface area contributed by atoms with Crippen LogP contribution < -0.4 is 10.1 Å². The van der Waals surface area contributed by atoms with E-state index in [0.29, 0.717) is 11.3 Å². The first-order chi connectivity index (χ1) is 9.30. The summed E-state index contributed by atoms with van der Waals surface area (Å²) in [5.41, 5.74) is 0.261. The maximum absolute atomic E-state index is 11.5. The molecule has 1 aromatic carbocycles. The zero-order chi connectivity index (χ0) is 15.2. The van der Waals surface area contributed by atoms with Gasteiger partial charge in [0.15, 0.2) is 0 Å². The Labute approximate surface area is 119 Å². The van der Waals surface area contributed by atoms with Gasteiger partial charge in [-0.1, -0.05) is 0 Å². The lowest BCUT2D eigenvalue weighted by Crippen LogP contribution is -2.41. The van der Waals surface area contributed by atoms with Crippen LogP contribution in [0.1, 0.15) is 38.1 Å². The standard InChI is InChI=1S/C15H21NO4/c1-11(10-19-14(18)16-15(2,3)4)20-13-7-5-12(9-17)6-8-13/h5-9,11H,10H2,1-4H3,(H,16,18). The minimum atomic E-state index is -0.468. The van der Waals surface area contributed by atoms with Crippen LogP contribution in [0.2, 0.25) is 0 Å². The fourth-order valence-electron chi connectivity index (χ4n) is 1.43. The third-order valence-electron chi connectivity index (χ3n) is 2.28. The molecule has 0 saturated carbocycles. The quantitative estimate of drug-likeness (QED) is 0.842. The molecule has 0 aliphatic rings. The van der Waals surface area contributed by atoms with Gasteiger partial charge in [0.25, 0.3) is 0 Å². The van der Waals surface area contributed by atoms with E-state index in [1.54, 1.807) is 31.2 Å². The molecule has 0 spiro atoms. The molecule has 0 aromatic heterocycles. The van der Waals surface area contributed by atoms with Crippen molar-refractivity contribution in [1.82, 2.24) is 5.32 Å². The van der Waals surface area contributed by atoms with Crippen LogP contribution in [0, 0.1) is 0 Å². The highest BCUT2D eigenvalue weighted by Gasteiger charge is 2.15. The Morgan fingerprint density at radius 2 is 1.90 bits per heavy atom. The molecule has 0 aliphatic heterocycles. The predicted molar refractivity (Wildman–Crippen MR) is 76.2 cm³/mol. The van der Waals surface area contributed by atoms with E-state index in [1.165, 1.54) is 0 Å². The largest absolute Gasteiger partial charge is 0.487 e. The first kappa shape index (κ1) is 16.0. The molecule has 5 nitrogen and oxygen atoms in total. The topological polar surface area (TPSA) is 64.6 Å². The Balaban J connectivity index is 2.37. The van der Waals surface area contributed by atoms with Gasteiger partial charge in [-0.3, -0.25) is 4.79 Å². The second-order valence-corrected chi connectivity index (χ2v) is 5.59. The molecule has 1 amide bonds. The smallest absolute Gasteiger partial charge is 0.407 e. The summed E-state index contributed by atoms with van der Waals surface area (Å²) in [6.07, 6.45) is 0.0275. The van der Waals surface area contributed by atoms with Gasteiger partial charge in [0.05, 0.1) is 0 Å². The molecule has 1 N–H and O–H groups in total. The summed E-state index contributed by atoms with van der Waals surface area (Å²) in [5, 5.41) is 2.70. The second kappa shape index (κ2) is 6.93. The highest BCUT2D eigenvalue weighted by Crippen LogP contribution is 2.13. The van der Waals surface area contributed by atoms with E-state index in [2.05, 4.69) is 5.32 Å². The van der Waals surface area contributed by atoms with Gasteiger partial charge in [-0.25, -0.2) is 4.79 Å². The fourth-order valence-corrected chi connectivity index (χ4v) is 1.43. The summed E-state index contributed by atoms with van der Waals surface area (Å²) >= 11 is 0. The van der Waals surface area contributed by atoms with Gasteiger partial charge >= 0.3 is 6.09 Å². The zero-order valence-electron chi connectivity index (χ0n) is 12.3. The third kappa shape index (κ3) is 6.22. The van der Waals surface area contributed by atoms with Gasteiger partial charge in [0.2, 0.25) is 0 Å². The molecule has 0 bridgehead atoms. The molecule has 0 heterocycles. The van der Waals surface area contributed by atoms with Crippen molar-refractivity contribution >= 4 is 12.4 Å². The number of alkyl carbamates (subject to hydrolysis) is 1. The van der Waals surface area contributed by atoms with E-state index in [-0.39, 0.29) is 18.2 Å². The average molecular weight is 279 g/mol. The maximum atomic E-state index is 11.5. The molecule has 0 radical (unpaired) electrons. The van der Waals surface area contributed by atoms with Crippen LogP contribution >= 0.6 is 0 Å². The normalized spacial score (nSPS) is 12.4. The molecule has 110 valence electrons.